The second kappa shape index (κ2) is 5.50. The van der Waals surface area contributed by atoms with Gasteiger partial charge in [-0.15, -0.1) is 0 Å². The molecule has 21 heavy (non-hydrogen) atoms. The maximum absolute atomic E-state index is 13.5. The Bertz CT molecular complexity index is 772. The predicted octanol–water partition coefficient (Wildman–Crippen LogP) is 3.63. The number of hydrogen-bond donors (Lipinski definition) is 1. The molecule has 0 heterocycles. The number of nitriles is 1. The number of hydrogen-bond acceptors (Lipinski definition) is 4. The molecular formula is C13H6F3N3O2. The second-order valence-electron chi connectivity index (χ2n) is 3.97. The zero-order chi connectivity index (χ0) is 15.6. The van der Waals surface area contributed by atoms with E-state index in [1.54, 1.807) is 6.07 Å². The van der Waals surface area contributed by atoms with Crippen LogP contribution in [0.4, 0.5) is 30.2 Å². The minimum absolute atomic E-state index is 0.0843. The molecule has 0 radical (unpaired) electrons. The molecule has 0 fully saturated rings. The second-order valence-corrected chi connectivity index (χ2v) is 3.97. The Kier molecular flexibility index (Phi) is 3.75. The van der Waals surface area contributed by atoms with Gasteiger partial charge in [-0.25, -0.2) is 13.2 Å². The molecule has 0 spiro atoms. The lowest BCUT2D eigenvalue weighted by atomic mass is 10.1. The van der Waals surface area contributed by atoms with E-state index >= 15 is 0 Å². The summed E-state index contributed by atoms with van der Waals surface area (Å²) in [6.45, 7) is 0. The van der Waals surface area contributed by atoms with Crippen LogP contribution >= 0.6 is 0 Å². The number of nitrogens with zero attached hydrogens (tertiary/aromatic N) is 2. The number of rotatable bonds is 3. The van der Waals surface area contributed by atoms with E-state index in [4.69, 9.17) is 5.26 Å². The summed E-state index contributed by atoms with van der Waals surface area (Å²) in [6, 6.07) is 6.05. The molecule has 0 unspecified atom stereocenters. The van der Waals surface area contributed by atoms with Gasteiger partial charge in [-0.2, -0.15) is 5.26 Å². The van der Waals surface area contributed by atoms with Crippen molar-refractivity contribution in [2.45, 2.75) is 0 Å². The summed E-state index contributed by atoms with van der Waals surface area (Å²) in [5.74, 6) is -3.66. The molecule has 106 valence electrons. The highest BCUT2D eigenvalue weighted by atomic mass is 19.2. The molecule has 5 nitrogen and oxygen atoms in total. The van der Waals surface area contributed by atoms with Crippen molar-refractivity contribution in [3.63, 3.8) is 0 Å². The van der Waals surface area contributed by atoms with E-state index in [-0.39, 0.29) is 11.3 Å². The predicted molar refractivity (Wildman–Crippen MR) is 67.4 cm³/mol. The first-order chi connectivity index (χ1) is 9.92. The van der Waals surface area contributed by atoms with Gasteiger partial charge in [0, 0.05) is 23.9 Å². The third-order valence-corrected chi connectivity index (χ3v) is 2.59. The molecule has 2 rings (SSSR count). The summed E-state index contributed by atoms with van der Waals surface area (Å²) in [4.78, 5) is 9.92. The lowest BCUT2D eigenvalue weighted by Gasteiger charge is -2.08. The van der Waals surface area contributed by atoms with E-state index in [9.17, 15) is 23.3 Å². The van der Waals surface area contributed by atoms with Crippen LogP contribution in [0.3, 0.4) is 0 Å². The van der Waals surface area contributed by atoms with Crippen LogP contribution in [0, 0.1) is 38.9 Å². The fourth-order valence-electron chi connectivity index (χ4n) is 1.67. The Morgan fingerprint density at radius 2 is 1.90 bits per heavy atom. The SMILES string of the molecule is N#Cc1cc(Nc2cc(F)cc(F)c2F)ccc1[N+](=O)[O-]. The van der Waals surface area contributed by atoms with Crippen molar-refractivity contribution in [2.75, 3.05) is 5.32 Å². The van der Waals surface area contributed by atoms with Crippen molar-refractivity contribution < 1.29 is 18.1 Å². The lowest BCUT2D eigenvalue weighted by Crippen LogP contribution is -1.99. The van der Waals surface area contributed by atoms with Crippen molar-refractivity contribution in [1.82, 2.24) is 0 Å². The van der Waals surface area contributed by atoms with Gasteiger partial charge >= 0.3 is 0 Å². The Balaban J connectivity index is 2.42. The smallest absolute Gasteiger partial charge is 0.287 e. The number of anilines is 2. The summed E-state index contributed by atoms with van der Waals surface area (Å²) >= 11 is 0. The maximum Gasteiger partial charge on any atom is 0.287 e. The first kappa shape index (κ1) is 14.3. The van der Waals surface area contributed by atoms with Crippen LogP contribution in [-0.2, 0) is 0 Å². The summed E-state index contributed by atoms with van der Waals surface area (Å²) in [7, 11) is 0. The van der Waals surface area contributed by atoms with E-state index in [1.807, 2.05) is 0 Å². The first-order valence-electron chi connectivity index (χ1n) is 5.52. The highest BCUT2D eigenvalue weighted by molar-refractivity contribution is 5.65. The Labute approximate surface area is 116 Å². The van der Waals surface area contributed by atoms with Crippen LogP contribution in [0.25, 0.3) is 0 Å². The van der Waals surface area contributed by atoms with Gasteiger partial charge in [0.15, 0.2) is 11.6 Å². The molecule has 0 saturated carbocycles. The number of benzene rings is 2. The zero-order valence-electron chi connectivity index (χ0n) is 10.2. The molecule has 0 atom stereocenters. The van der Waals surface area contributed by atoms with Gasteiger partial charge in [0.25, 0.3) is 5.69 Å². The van der Waals surface area contributed by atoms with E-state index < -0.39 is 33.7 Å². The van der Waals surface area contributed by atoms with Crippen molar-refractivity contribution in [3.8, 4) is 6.07 Å². The molecule has 2 aromatic rings. The summed E-state index contributed by atoms with van der Waals surface area (Å²) in [5, 5.41) is 21.9. The van der Waals surface area contributed by atoms with Gasteiger partial charge in [0.1, 0.15) is 17.4 Å². The standard InChI is InChI=1S/C13H6F3N3O2/c14-8-4-10(15)13(16)11(5-8)18-9-1-2-12(19(20)21)7(3-9)6-17/h1-5,18H. The topological polar surface area (TPSA) is 79.0 Å². The summed E-state index contributed by atoms with van der Waals surface area (Å²) < 4.78 is 39.6. The normalized spacial score (nSPS) is 10.0. The van der Waals surface area contributed by atoms with Crippen molar-refractivity contribution in [3.05, 3.63) is 63.5 Å². The maximum atomic E-state index is 13.5. The Morgan fingerprint density at radius 3 is 2.52 bits per heavy atom. The van der Waals surface area contributed by atoms with Crippen molar-refractivity contribution >= 4 is 17.1 Å². The number of nitro groups is 1. The average Bonchev–Trinajstić information content (AvgIpc) is 2.43. The van der Waals surface area contributed by atoms with Crippen molar-refractivity contribution in [1.29, 1.82) is 5.26 Å². The van der Waals surface area contributed by atoms with Crippen LogP contribution in [-0.4, -0.2) is 4.92 Å². The van der Waals surface area contributed by atoms with E-state index in [0.29, 0.717) is 6.07 Å². The van der Waals surface area contributed by atoms with Gasteiger partial charge in [0.2, 0.25) is 0 Å². The molecule has 0 aliphatic rings. The van der Waals surface area contributed by atoms with Crippen LogP contribution in [0.5, 0.6) is 0 Å². The highest BCUT2D eigenvalue weighted by Gasteiger charge is 2.15. The number of halogens is 3. The fraction of sp³-hybridized carbons (Fsp3) is 0. The molecule has 0 saturated heterocycles. The monoisotopic (exact) mass is 293 g/mol. The number of nitrogens with one attached hydrogen (secondary N) is 1. The fourth-order valence-corrected chi connectivity index (χ4v) is 1.67. The minimum atomic E-state index is -1.38. The third-order valence-electron chi connectivity index (χ3n) is 2.59. The van der Waals surface area contributed by atoms with Gasteiger partial charge in [-0.1, -0.05) is 0 Å². The van der Waals surface area contributed by atoms with Crippen LogP contribution in [0.2, 0.25) is 0 Å². The first-order valence-corrected chi connectivity index (χ1v) is 5.52. The molecule has 0 bridgehead atoms. The van der Waals surface area contributed by atoms with Gasteiger partial charge < -0.3 is 5.32 Å². The van der Waals surface area contributed by atoms with E-state index in [2.05, 4.69) is 5.32 Å². The van der Waals surface area contributed by atoms with Crippen LogP contribution < -0.4 is 5.32 Å². The van der Waals surface area contributed by atoms with Gasteiger partial charge in [-0.3, -0.25) is 10.1 Å². The highest BCUT2D eigenvalue weighted by Crippen LogP contribution is 2.27. The van der Waals surface area contributed by atoms with Crippen molar-refractivity contribution in [2.24, 2.45) is 0 Å². The van der Waals surface area contributed by atoms with Crippen LogP contribution in [0.15, 0.2) is 30.3 Å². The summed E-state index contributed by atoms with van der Waals surface area (Å²) in [5.41, 5.74) is -1.08. The molecule has 2 aromatic carbocycles. The molecule has 8 heteroatoms. The van der Waals surface area contributed by atoms with E-state index in [0.717, 1.165) is 18.2 Å². The zero-order valence-corrected chi connectivity index (χ0v) is 10.2. The molecular weight excluding hydrogens is 287 g/mol. The van der Waals surface area contributed by atoms with E-state index in [1.165, 1.54) is 6.07 Å². The summed E-state index contributed by atoms with van der Waals surface area (Å²) in [6.07, 6.45) is 0. The largest absolute Gasteiger partial charge is 0.353 e. The lowest BCUT2D eigenvalue weighted by molar-refractivity contribution is -0.385. The molecule has 0 aliphatic carbocycles. The number of nitro benzene ring substituents is 1. The van der Waals surface area contributed by atoms with Gasteiger partial charge in [0.05, 0.1) is 10.6 Å². The average molecular weight is 293 g/mol. The molecule has 0 amide bonds. The Morgan fingerprint density at radius 1 is 1.19 bits per heavy atom. The molecule has 0 aliphatic heterocycles. The molecule has 1 N–H and O–H groups in total. The third kappa shape index (κ3) is 2.92. The Hall–Kier alpha value is -3.08. The van der Waals surface area contributed by atoms with Crippen LogP contribution in [0.1, 0.15) is 5.56 Å². The minimum Gasteiger partial charge on any atom is -0.353 e. The quantitative estimate of drug-likeness (QED) is 0.532. The molecule has 0 aromatic heterocycles. The van der Waals surface area contributed by atoms with Gasteiger partial charge in [-0.05, 0) is 12.1 Å².